The first-order valence-electron chi connectivity index (χ1n) is 11.1. The van der Waals surface area contributed by atoms with E-state index in [2.05, 4.69) is 5.32 Å². The second kappa shape index (κ2) is 8.98. The lowest BCUT2D eigenvalue weighted by Crippen LogP contribution is -2.44. The van der Waals surface area contributed by atoms with Gasteiger partial charge in [-0.3, -0.25) is 4.79 Å². The lowest BCUT2D eigenvalue weighted by Gasteiger charge is -2.40. The van der Waals surface area contributed by atoms with Crippen LogP contribution in [0.3, 0.4) is 0 Å². The Labute approximate surface area is 202 Å². The maximum Gasteiger partial charge on any atom is 0.246 e. The molecule has 5 rings (SSSR count). The highest BCUT2D eigenvalue weighted by Gasteiger charge is 2.44. The third kappa shape index (κ3) is 4.33. The molecule has 5 nitrogen and oxygen atoms in total. The van der Waals surface area contributed by atoms with E-state index in [1.54, 1.807) is 0 Å². The number of carbonyl (C=O) groups excluding carboxylic acids is 1. The van der Waals surface area contributed by atoms with Crippen molar-refractivity contribution in [2.45, 2.75) is 43.7 Å². The van der Waals surface area contributed by atoms with Gasteiger partial charge in [-0.05, 0) is 55.5 Å². The molecule has 1 unspecified atom stereocenters. The molecule has 1 aliphatic heterocycles. The summed E-state index contributed by atoms with van der Waals surface area (Å²) < 4.78 is 6.55. The number of hydrogen-bond acceptors (Lipinski definition) is 4. The Bertz CT molecular complexity index is 1190. The number of carbonyl (C=O) groups is 1. The molecule has 1 fully saturated rings. The summed E-state index contributed by atoms with van der Waals surface area (Å²) in [5.41, 5.74) is 3.76. The average Bonchev–Trinajstić information content (AvgIpc) is 3.26. The van der Waals surface area contributed by atoms with Gasteiger partial charge in [0, 0.05) is 33.2 Å². The predicted octanol–water partition coefficient (Wildman–Crippen LogP) is 5.97. The zero-order valence-corrected chi connectivity index (χ0v) is 19.5. The molecule has 1 spiro atoms. The smallest absolute Gasteiger partial charge is 0.246 e. The number of fused-ring (bicyclic) bond motifs is 1. The lowest BCUT2D eigenvalue weighted by molar-refractivity contribution is -0.125. The minimum Gasteiger partial charge on any atom is -0.471 e. The van der Waals surface area contributed by atoms with E-state index in [4.69, 9.17) is 32.9 Å². The molecule has 2 N–H and O–H groups in total. The fourth-order valence-electron chi connectivity index (χ4n) is 4.97. The van der Waals surface area contributed by atoms with E-state index in [9.17, 15) is 9.90 Å². The SMILES string of the molecule is O=C(CO)NC1CC2(CCCC2)Oc2nc(-c3ccccc3Cl)c(-c3ccc(Cl)cc3)cc21. The number of aromatic nitrogens is 1. The van der Waals surface area contributed by atoms with Crippen molar-refractivity contribution in [2.75, 3.05) is 6.61 Å². The monoisotopic (exact) mass is 482 g/mol. The molecular weight excluding hydrogens is 459 g/mol. The van der Waals surface area contributed by atoms with Gasteiger partial charge in [0.15, 0.2) is 0 Å². The molecule has 0 saturated heterocycles. The third-order valence-electron chi connectivity index (χ3n) is 6.56. The Morgan fingerprint density at radius 3 is 2.52 bits per heavy atom. The fraction of sp³-hybridized carbons (Fsp3) is 0.308. The van der Waals surface area contributed by atoms with E-state index in [1.165, 1.54) is 0 Å². The molecule has 170 valence electrons. The highest BCUT2D eigenvalue weighted by molar-refractivity contribution is 6.33. The molecule has 0 bridgehead atoms. The van der Waals surface area contributed by atoms with Crippen molar-refractivity contribution in [3.05, 3.63) is 70.2 Å². The summed E-state index contributed by atoms with van der Waals surface area (Å²) >= 11 is 12.7. The van der Waals surface area contributed by atoms with Gasteiger partial charge >= 0.3 is 0 Å². The van der Waals surface area contributed by atoms with Crippen LogP contribution >= 0.6 is 23.2 Å². The minimum absolute atomic E-state index is 0.301. The van der Waals surface area contributed by atoms with Gasteiger partial charge in [-0.1, -0.05) is 53.5 Å². The van der Waals surface area contributed by atoms with E-state index in [1.807, 2.05) is 54.6 Å². The van der Waals surface area contributed by atoms with E-state index < -0.39 is 12.5 Å². The molecule has 33 heavy (non-hydrogen) atoms. The number of aliphatic hydroxyl groups is 1. The number of ether oxygens (including phenoxy) is 1. The lowest BCUT2D eigenvalue weighted by atomic mass is 9.85. The Morgan fingerprint density at radius 1 is 1.09 bits per heavy atom. The van der Waals surface area contributed by atoms with Crippen molar-refractivity contribution in [3.8, 4) is 28.3 Å². The summed E-state index contributed by atoms with van der Waals surface area (Å²) in [6.07, 6.45) is 4.64. The predicted molar refractivity (Wildman–Crippen MR) is 130 cm³/mol. The molecule has 2 aromatic carbocycles. The molecule has 7 heteroatoms. The molecule has 1 aliphatic carbocycles. The summed E-state index contributed by atoms with van der Waals surface area (Å²) in [6.45, 7) is -0.561. The first-order chi connectivity index (χ1) is 16.0. The molecule has 1 aromatic heterocycles. The van der Waals surface area contributed by atoms with E-state index >= 15 is 0 Å². The van der Waals surface area contributed by atoms with Gasteiger partial charge in [0.25, 0.3) is 0 Å². The molecule has 1 saturated carbocycles. The van der Waals surface area contributed by atoms with Crippen LogP contribution in [-0.2, 0) is 4.79 Å². The fourth-order valence-corrected chi connectivity index (χ4v) is 5.33. The first kappa shape index (κ1) is 22.2. The number of rotatable bonds is 4. The molecule has 2 aliphatic rings. The highest BCUT2D eigenvalue weighted by Crippen LogP contribution is 2.49. The standard InChI is InChI=1S/C26H24Cl2N2O3/c27-17-9-7-16(8-10-17)19-13-20-22(29-23(32)15-31)14-26(11-3-4-12-26)33-25(20)30-24(19)18-5-1-2-6-21(18)28/h1-2,5-10,13,22,31H,3-4,11-12,14-15H2,(H,29,32). The molecule has 1 atom stereocenters. The van der Waals surface area contributed by atoms with Crippen LogP contribution in [0.4, 0.5) is 0 Å². The Hall–Kier alpha value is -2.60. The second-order valence-electron chi connectivity index (χ2n) is 8.74. The van der Waals surface area contributed by atoms with Crippen LogP contribution in [0.1, 0.15) is 43.7 Å². The Kier molecular flexibility index (Phi) is 6.04. The van der Waals surface area contributed by atoms with Gasteiger partial charge < -0.3 is 15.2 Å². The summed E-state index contributed by atoms with van der Waals surface area (Å²) in [5, 5.41) is 13.6. The van der Waals surface area contributed by atoms with Gasteiger partial charge in [-0.15, -0.1) is 0 Å². The Balaban J connectivity index is 1.71. The second-order valence-corrected chi connectivity index (χ2v) is 9.58. The van der Waals surface area contributed by atoms with Crippen LogP contribution in [0.2, 0.25) is 10.0 Å². The number of pyridine rings is 1. The maximum atomic E-state index is 12.2. The van der Waals surface area contributed by atoms with E-state index in [0.29, 0.717) is 28.0 Å². The molecular formula is C26H24Cl2N2O3. The highest BCUT2D eigenvalue weighted by atomic mass is 35.5. The van der Waals surface area contributed by atoms with Crippen LogP contribution in [0.25, 0.3) is 22.4 Å². The number of nitrogens with one attached hydrogen (secondary N) is 1. The van der Waals surface area contributed by atoms with Gasteiger partial charge in [-0.25, -0.2) is 4.98 Å². The van der Waals surface area contributed by atoms with Crippen LogP contribution in [0, 0.1) is 0 Å². The van der Waals surface area contributed by atoms with Crippen molar-refractivity contribution in [2.24, 2.45) is 0 Å². The topological polar surface area (TPSA) is 71.5 Å². The third-order valence-corrected chi connectivity index (χ3v) is 7.14. The van der Waals surface area contributed by atoms with E-state index in [0.717, 1.165) is 47.9 Å². The summed E-state index contributed by atoms with van der Waals surface area (Å²) in [7, 11) is 0. The summed E-state index contributed by atoms with van der Waals surface area (Å²) in [5.74, 6) is 0.100. The molecule has 3 aromatic rings. The number of halogens is 2. The quantitative estimate of drug-likeness (QED) is 0.480. The van der Waals surface area contributed by atoms with Gasteiger partial charge in [0.2, 0.25) is 11.8 Å². The van der Waals surface area contributed by atoms with Crippen molar-refractivity contribution in [3.63, 3.8) is 0 Å². The zero-order valence-electron chi connectivity index (χ0n) is 18.0. The molecule has 0 radical (unpaired) electrons. The number of benzene rings is 2. The van der Waals surface area contributed by atoms with Crippen molar-refractivity contribution in [1.82, 2.24) is 10.3 Å². The molecule has 2 heterocycles. The number of aliphatic hydroxyl groups excluding tert-OH is 1. The van der Waals surface area contributed by atoms with Crippen molar-refractivity contribution >= 4 is 29.1 Å². The maximum absolute atomic E-state index is 12.2. The van der Waals surface area contributed by atoms with Crippen LogP contribution in [0.5, 0.6) is 5.88 Å². The molecule has 1 amide bonds. The van der Waals surface area contributed by atoms with Crippen molar-refractivity contribution in [1.29, 1.82) is 0 Å². The largest absolute Gasteiger partial charge is 0.471 e. The van der Waals surface area contributed by atoms with Gasteiger partial charge in [-0.2, -0.15) is 0 Å². The first-order valence-corrected chi connectivity index (χ1v) is 11.9. The van der Waals surface area contributed by atoms with E-state index in [-0.39, 0.29) is 11.6 Å². The normalized spacial score (nSPS) is 18.6. The number of amides is 1. The van der Waals surface area contributed by atoms with Crippen molar-refractivity contribution < 1.29 is 14.6 Å². The zero-order chi connectivity index (χ0) is 23.0. The average molecular weight is 483 g/mol. The van der Waals surface area contributed by atoms with Gasteiger partial charge in [0.05, 0.1) is 11.7 Å². The van der Waals surface area contributed by atoms with Crippen LogP contribution in [-0.4, -0.2) is 28.2 Å². The summed E-state index contributed by atoms with van der Waals surface area (Å²) in [4.78, 5) is 17.2. The van der Waals surface area contributed by atoms with Crippen LogP contribution < -0.4 is 10.1 Å². The minimum atomic E-state index is -0.561. The summed E-state index contributed by atoms with van der Waals surface area (Å²) in [6, 6.07) is 16.9. The van der Waals surface area contributed by atoms with Gasteiger partial charge in [0.1, 0.15) is 12.2 Å². The number of hydrogen-bond donors (Lipinski definition) is 2. The Morgan fingerprint density at radius 2 is 1.82 bits per heavy atom. The number of nitrogens with zero attached hydrogens (tertiary/aromatic N) is 1. The van der Waals surface area contributed by atoms with Crippen LogP contribution in [0.15, 0.2) is 54.6 Å².